The van der Waals surface area contributed by atoms with Crippen molar-refractivity contribution in [2.75, 3.05) is 40.9 Å². The Bertz CT molecular complexity index is 1350. The molecule has 10 heteroatoms. The number of esters is 1. The lowest BCUT2D eigenvalue weighted by Crippen LogP contribution is -2.47. The highest BCUT2D eigenvalue weighted by atomic mass is 31.2. The molecule has 1 N–H and O–H groups in total. The molecule has 1 amide bonds. The number of phosphoric acid groups is 1. The Labute approximate surface area is 473 Å². The Kier molecular flexibility index (Phi) is 55.6. The molecule has 0 heterocycles. The fourth-order valence-electron chi connectivity index (χ4n) is 9.99. The van der Waals surface area contributed by atoms with E-state index in [1.54, 1.807) is 0 Å². The number of nitrogens with zero attached hydrogens (tertiary/aromatic N) is 1. The summed E-state index contributed by atoms with van der Waals surface area (Å²) in [7, 11) is 1.20. The third kappa shape index (κ3) is 57.2. The van der Waals surface area contributed by atoms with Gasteiger partial charge in [-0.2, -0.15) is 0 Å². The lowest BCUT2D eigenvalue weighted by Gasteiger charge is -2.30. The molecule has 0 aromatic rings. The maximum atomic E-state index is 13.6. The fraction of sp³-hybridized carbons (Fsp3) is 0.909. The zero-order valence-corrected chi connectivity index (χ0v) is 52.4. The van der Waals surface area contributed by atoms with Gasteiger partial charge in [0.05, 0.1) is 33.8 Å². The maximum absolute atomic E-state index is 13.6. The molecule has 0 aromatic carbocycles. The third-order valence-electron chi connectivity index (χ3n) is 15.1. The maximum Gasteiger partial charge on any atom is 0.306 e. The van der Waals surface area contributed by atoms with Crippen LogP contribution in [0.25, 0.3) is 0 Å². The zero-order chi connectivity index (χ0) is 55.7. The molecule has 0 rings (SSSR count). The predicted octanol–water partition coefficient (Wildman–Crippen LogP) is 19.9. The van der Waals surface area contributed by atoms with Crippen molar-refractivity contribution >= 4 is 19.7 Å². The Balaban J connectivity index is 5.15. The van der Waals surface area contributed by atoms with Gasteiger partial charge in [-0.15, -0.1) is 0 Å². The second-order valence-corrected chi connectivity index (χ2v) is 25.4. The van der Waals surface area contributed by atoms with Gasteiger partial charge in [0.2, 0.25) is 5.91 Å². The Hall–Kier alpha value is -1.51. The fourth-order valence-corrected chi connectivity index (χ4v) is 10.7. The van der Waals surface area contributed by atoms with Gasteiger partial charge in [-0.05, 0) is 57.4 Å². The van der Waals surface area contributed by atoms with Crippen LogP contribution in [0, 0.1) is 0 Å². The molecule has 0 bridgehead atoms. The van der Waals surface area contributed by atoms with Crippen LogP contribution >= 0.6 is 7.82 Å². The van der Waals surface area contributed by atoms with Gasteiger partial charge in [0.15, 0.2) is 0 Å². The van der Waals surface area contributed by atoms with Crippen molar-refractivity contribution in [3.8, 4) is 0 Å². The van der Waals surface area contributed by atoms with E-state index in [0.717, 1.165) is 57.8 Å². The summed E-state index contributed by atoms with van der Waals surface area (Å²) in [5, 5.41) is 3.04. The molecule has 0 aromatic heterocycles. The first kappa shape index (κ1) is 74.5. The standard InChI is InChI=1S/C66H129N2O7P/c1-7-10-13-16-19-22-25-28-30-32-34-36-38-40-43-46-49-52-55-58-65(69)67-63(62-74-76(71,72)73-61-60-68(4,5)6)64(57-54-51-48-45-42-27-24-21-18-15-12-9-3)75-66(70)59-56-53-50-47-44-41-39-37-35-33-31-29-26-23-20-17-14-11-8-2/h29,31,54,57,63-64H,7-28,30,32-53,55-56,58-62H2,1-6H3,(H-,67,69,71,72)/b31-29+,57-54+. The van der Waals surface area contributed by atoms with Crippen molar-refractivity contribution in [3.05, 3.63) is 24.3 Å². The summed E-state index contributed by atoms with van der Waals surface area (Å²) >= 11 is 0. The number of amides is 1. The predicted molar refractivity (Wildman–Crippen MR) is 326 cm³/mol. The second-order valence-electron chi connectivity index (χ2n) is 24.0. The van der Waals surface area contributed by atoms with E-state index >= 15 is 0 Å². The number of nitrogens with one attached hydrogen (secondary N) is 1. The molecule has 0 radical (unpaired) electrons. The second kappa shape index (κ2) is 56.8. The molecule has 450 valence electrons. The minimum atomic E-state index is -4.69. The monoisotopic (exact) mass is 1090 g/mol. The summed E-state index contributed by atoms with van der Waals surface area (Å²) < 4.78 is 30.4. The first-order valence-corrected chi connectivity index (χ1v) is 34.6. The quantitative estimate of drug-likeness (QED) is 0.0212. The highest BCUT2D eigenvalue weighted by Crippen LogP contribution is 2.38. The van der Waals surface area contributed by atoms with E-state index in [0.29, 0.717) is 17.4 Å². The SMILES string of the molecule is CCCCCCCC/C=C/CCCCCCCCCCCC(=O)OC(/C=C/CCCCCCCCCCCC)C(COP(=O)([O-])OCC[N+](C)(C)C)NC(=O)CCCCCCCCCCCCCCCCCCCCC. The normalized spacial score (nSPS) is 13.7. The smallest absolute Gasteiger partial charge is 0.306 e. The number of carbonyl (C=O) groups excluding carboxylic acids is 2. The molecular formula is C66H129N2O7P. The number of carbonyl (C=O) groups is 2. The minimum absolute atomic E-state index is 0.0187. The van der Waals surface area contributed by atoms with E-state index in [1.165, 1.54) is 244 Å². The lowest BCUT2D eigenvalue weighted by molar-refractivity contribution is -0.870. The van der Waals surface area contributed by atoms with Crippen LogP contribution < -0.4 is 10.2 Å². The van der Waals surface area contributed by atoms with E-state index in [1.807, 2.05) is 33.3 Å². The number of allylic oxidation sites excluding steroid dienone is 3. The average molecular weight is 1090 g/mol. The molecule has 3 atom stereocenters. The number of rotatable bonds is 61. The number of ether oxygens (including phenoxy) is 1. The third-order valence-corrected chi connectivity index (χ3v) is 16.1. The van der Waals surface area contributed by atoms with Crippen LogP contribution in [0.15, 0.2) is 24.3 Å². The number of quaternary nitrogens is 1. The van der Waals surface area contributed by atoms with E-state index in [9.17, 15) is 19.0 Å². The summed E-state index contributed by atoms with van der Waals surface area (Å²) in [4.78, 5) is 40.1. The van der Waals surface area contributed by atoms with E-state index < -0.39 is 20.0 Å². The molecule has 0 aliphatic carbocycles. The highest BCUT2D eigenvalue weighted by Gasteiger charge is 2.27. The summed E-state index contributed by atoms with van der Waals surface area (Å²) in [6.07, 6.45) is 67.1. The van der Waals surface area contributed by atoms with E-state index in [4.69, 9.17) is 13.8 Å². The molecule has 76 heavy (non-hydrogen) atoms. The van der Waals surface area contributed by atoms with Crippen molar-refractivity contribution in [1.82, 2.24) is 5.32 Å². The van der Waals surface area contributed by atoms with Crippen LogP contribution in [0.2, 0.25) is 0 Å². The molecule has 0 saturated carbocycles. The van der Waals surface area contributed by atoms with Crippen LogP contribution in [0.5, 0.6) is 0 Å². The molecule has 0 spiro atoms. The van der Waals surface area contributed by atoms with Crippen molar-refractivity contribution in [2.24, 2.45) is 0 Å². The van der Waals surface area contributed by atoms with Gasteiger partial charge in [0.1, 0.15) is 19.3 Å². The van der Waals surface area contributed by atoms with Crippen LogP contribution in [0.1, 0.15) is 335 Å². The van der Waals surface area contributed by atoms with Gasteiger partial charge in [0, 0.05) is 12.8 Å². The van der Waals surface area contributed by atoms with Crippen LogP contribution in [0.4, 0.5) is 0 Å². The van der Waals surface area contributed by atoms with Crippen molar-refractivity contribution in [3.63, 3.8) is 0 Å². The molecule has 0 aliphatic heterocycles. The Morgan fingerprint density at radius 1 is 0.447 bits per heavy atom. The Morgan fingerprint density at radius 2 is 0.763 bits per heavy atom. The van der Waals surface area contributed by atoms with Gasteiger partial charge in [-0.1, -0.05) is 289 Å². The van der Waals surface area contributed by atoms with Crippen LogP contribution in [-0.2, 0) is 27.9 Å². The zero-order valence-electron chi connectivity index (χ0n) is 51.5. The molecule has 0 fully saturated rings. The summed E-state index contributed by atoms with van der Waals surface area (Å²) in [6.45, 7) is 6.89. The van der Waals surface area contributed by atoms with Gasteiger partial charge in [-0.25, -0.2) is 0 Å². The molecule has 0 saturated heterocycles. The van der Waals surface area contributed by atoms with Crippen molar-refractivity contribution in [2.45, 2.75) is 348 Å². The van der Waals surface area contributed by atoms with Gasteiger partial charge in [-0.3, -0.25) is 14.2 Å². The summed E-state index contributed by atoms with van der Waals surface area (Å²) in [6, 6.07) is -0.883. The topological polar surface area (TPSA) is 114 Å². The molecule has 3 unspecified atom stereocenters. The number of phosphoric ester groups is 1. The van der Waals surface area contributed by atoms with Crippen molar-refractivity contribution < 1.29 is 37.3 Å². The molecule has 0 aliphatic rings. The first-order valence-electron chi connectivity index (χ1n) is 33.1. The van der Waals surface area contributed by atoms with E-state index in [-0.39, 0.29) is 31.5 Å². The lowest BCUT2D eigenvalue weighted by atomic mass is 10.0. The Morgan fingerprint density at radius 3 is 1.12 bits per heavy atom. The number of hydrogen-bond acceptors (Lipinski definition) is 7. The van der Waals surface area contributed by atoms with Gasteiger partial charge < -0.3 is 28.5 Å². The molecule has 9 nitrogen and oxygen atoms in total. The van der Waals surface area contributed by atoms with Crippen molar-refractivity contribution in [1.29, 1.82) is 0 Å². The highest BCUT2D eigenvalue weighted by molar-refractivity contribution is 7.45. The largest absolute Gasteiger partial charge is 0.756 e. The number of hydrogen-bond donors (Lipinski definition) is 1. The number of likely N-dealkylation sites (N-methyl/N-ethyl adjacent to an activating group) is 1. The summed E-state index contributed by atoms with van der Waals surface area (Å²) in [5.41, 5.74) is 0. The number of unbranched alkanes of at least 4 members (excludes halogenated alkanes) is 43. The van der Waals surface area contributed by atoms with Crippen LogP contribution in [0.3, 0.4) is 0 Å². The van der Waals surface area contributed by atoms with E-state index in [2.05, 4.69) is 38.2 Å². The van der Waals surface area contributed by atoms with Crippen LogP contribution in [-0.4, -0.2) is 69.4 Å². The average Bonchev–Trinajstić information content (AvgIpc) is 3.38. The molecular weight excluding hydrogens is 964 g/mol. The first-order chi connectivity index (χ1) is 36.9. The summed E-state index contributed by atoms with van der Waals surface area (Å²) in [5.74, 6) is -0.524. The van der Waals surface area contributed by atoms with Gasteiger partial charge >= 0.3 is 5.97 Å². The minimum Gasteiger partial charge on any atom is -0.756 e. The van der Waals surface area contributed by atoms with Gasteiger partial charge in [0.25, 0.3) is 7.82 Å².